The number of aryl methyl sites for hydroxylation is 3. The summed E-state index contributed by atoms with van der Waals surface area (Å²) >= 11 is 0. The Kier molecular flexibility index (Phi) is 4.56. The van der Waals surface area contributed by atoms with E-state index in [9.17, 15) is 9.90 Å². The number of phenolic OH excluding ortho intramolecular Hbond substituents is 1. The number of tetrazole rings is 1. The van der Waals surface area contributed by atoms with Crippen molar-refractivity contribution in [3.8, 4) is 17.2 Å². The first-order valence-electron chi connectivity index (χ1n) is 8.05. The molecule has 0 unspecified atom stereocenters. The van der Waals surface area contributed by atoms with Crippen LogP contribution in [0.1, 0.15) is 29.2 Å². The highest BCUT2D eigenvalue weighted by molar-refractivity contribution is 5.47. The first-order valence-corrected chi connectivity index (χ1v) is 8.05. The summed E-state index contributed by atoms with van der Waals surface area (Å²) in [6.07, 6.45) is 0.798. The van der Waals surface area contributed by atoms with Crippen molar-refractivity contribution >= 4 is 0 Å². The molecule has 2 aromatic carbocycles. The van der Waals surface area contributed by atoms with Gasteiger partial charge in [-0.3, -0.25) is 0 Å². The molecule has 7 heteroatoms. The van der Waals surface area contributed by atoms with Crippen molar-refractivity contribution < 1.29 is 9.84 Å². The molecule has 1 heterocycles. The van der Waals surface area contributed by atoms with Gasteiger partial charge in [-0.05, 0) is 65.6 Å². The van der Waals surface area contributed by atoms with Gasteiger partial charge in [0.1, 0.15) is 18.1 Å². The van der Waals surface area contributed by atoms with Crippen LogP contribution in [-0.2, 0) is 13.0 Å². The molecule has 7 nitrogen and oxygen atoms in total. The lowest BCUT2D eigenvalue weighted by atomic mass is 10.0. The molecule has 0 aliphatic heterocycles. The summed E-state index contributed by atoms with van der Waals surface area (Å²) in [6.45, 7) is 6.03. The van der Waals surface area contributed by atoms with Crippen molar-refractivity contribution in [1.82, 2.24) is 20.2 Å². The van der Waals surface area contributed by atoms with Gasteiger partial charge in [0.05, 0.1) is 5.69 Å². The molecule has 0 radical (unpaired) electrons. The van der Waals surface area contributed by atoms with Crippen molar-refractivity contribution in [3.05, 3.63) is 63.1 Å². The molecule has 0 aliphatic rings. The predicted octanol–water partition coefficient (Wildman–Crippen LogP) is 2.42. The van der Waals surface area contributed by atoms with Crippen LogP contribution < -0.4 is 10.4 Å². The van der Waals surface area contributed by atoms with Crippen LogP contribution in [0.5, 0.6) is 11.5 Å². The monoisotopic (exact) mass is 340 g/mol. The Morgan fingerprint density at radius 1 is 1.24 bits per heavy atom. The molecule has 3 rings (SSSR count). The van der Waals surface area contributed by atoms with Gasteiger partial charge in [0.15, 0.2) is 0 Å². The van der Waals surface area contributed by atoms with Crippen molar-refractivity contribution in [2.75, 3.05) is 0 Å². The molecule has 0 aliphatic carbocycles. The average molecular weight is 340 g/mol. The predicted molar refractivity (Wildman–Crippen MR) is 93.3 cm³/mol. The first-order chi connectivity index (χ1) is 12.0. The summed E-state index contributed by atoms with van der Waals surface area (Å²) < 4.78 is 7.22. The van der Waals surface area contributed by atoms with Crippen LogP contribution in [-0.4, -0.2) is 25.3 Å². The number of benzene rings is 2. The molecule has 25 heavy (non-hydrogen) atoms. The number of aromatic amines is 1. The second-order valence-corrected chi connectivity index (χ2v) is 5.88. The maximum atomic E-state index is 11.9. The van der Waals surface area contributed by atoms with E-state index in [4.69, 9.17) is 4.74 Å². The van der Waals surface area contributed by atoms with Crippen LogP contribution in [0.15, 0.2) is 35.1 Å². The molecule has 1 aromatic heterocycles. The van der Waals surface area contributed by atoms with E-state index in [1.54, 1.807) is 12.1 Å². The van der Waals surface area contributed by atoms with Crippen LogP contribution in [0.3, 0.4) is 0 Å². The number of aromatic hydroxyl groups is 1. The number of ether oxygens (including phenoxy) is 1. The molecule has 0 fully saturated rings. The van der Waals surface area contributed by atoms with Crippen LogP contribution in [0.4, 0.5) is 0 Å². The zero-order valence-corrected chi connectivity index (χ0v) is 14.4. The Morgan fingerprint density at radius 2 is 2.04 bits per heavy atom. The van der Waals surface area contributed by atoms with Gasteiger partial charge in [-0.2, -0.15) is 4.68 Å². The molecule has 2 N–H and O–H groups in total. The van der Waals surface area contributed by atoms with Gasteiger partial charge < -0.3 is 9.84 Å². The molecule has 0 saturated carbocycles. The Hall–Kier alpha value is -3.09. The third-order valence-electron chi connectivity index (χ3n) is 4.20. The quantitative estimate of drug-likeness (QED) is 0.744. The number of rotatable bonds is 5. The number of hydrogen-bond acceptors (Lipinski definition) is 5. The van der Waals surface area contributed by atoms with Crippen molar-refractivity contribution in [2.45, 2.75) is 33.8 Å². The lowest BCUT2D eigenvalue weighted by Crippen LogP contribution is -2.19. The minimum absolute atomic E-state index is 0.244. The van der Waals surface area contributed by atoms with Gasteiger partial charge in [0.2, 0.25) is 0 Å². The molecule has 0 amide bonds. The first kappa shape index (κ1) is 16.8. The fraction of sp³-hybridized carbons (Fsp3) is 0.278. The fourth-order valence-corrected chi connectivity index (χ4v) is 2.75. The highest BCUT2D eigenvalue weighted by Crippen LogP contribution is 2.28. The maximum Gasteiger partial charge on any atom is 0.365 e. The summed E-state index contributed by atoms with van der Waals surface area (Å²) in [4.78, 5) is 11.9. The molecular weight excluding hydrogens is 320 g/mol. The molecule has 3 aromatic rings. The molecule has 0 atom stereocenters. The summed E-state index contributed by atoms with van der Waals surface area (Å²) in [5.41, 5.74) is 3.79. The van der Waals surface area contributed by atoms with Crippen molar-refractivity contribution in [3.63, 3.8) is 0 Å². The third-order valence-corrected chi connectivity index (χ3v) is 4.20. The van der Waals surface area contributed by atoms with Gasteiger partial charge >= 0.3 is 5.69 Å². The standard InChI is InChI=1S/C18H20N4O3/c1-4-13-6-5-7-15(22-18(24)19-20-21-22)14(13)10-25-17-9-11(2)16(23)8-12(17)3/h5-9,23H,4,10H2,1-3H3,(H,19,21,24). The van der Waals surface area contributed by atoms with Crippen LogP contribution >= 0.6 is 0 Å². The zero-order valence-electron chi connectivity index (χ0n) is 14.4. The van der Waals surface area contributed by atoms with Crippen LogP contribution in [0, 0.1) is 13.8 Å². The lowest BCUT2D eigenvalue weighted by molar-refractivity contribution is 0.301. The van der Waals surface area contributed by atoms with E-state index in [0.717, 1.165) is 28.7 Å². The number of nitrogens with one attached hydrogen (secondary N) is 1. The number of nitrogens with zero attached hydrogens (tertiary/aromatic N) is 3. The van der Waals surface area contributed by atoms with Gasteiger partial charge in [0.25, 0.3) is 0 Å². The van der Waals surface area contributed by atoms with Gasteiger partial charge in [0, 0.05) is 5.56 Å². The number of H-pyrrole nitrogens is 1. The zero-order chi connectivity index (χ0) is 18.0. The van der Waals surface area contributed by atoms with E-state index < -0.39 is 5.69 Å². The largest absolute Gasteiger partial charge is 0.508 e. The molecule has 0 spiro atoms. The van der Waals surface area contributed by atoms with Gasteiger partial charge in [-0.1, -0.05) is 19.1 Å². The minimum Gasteiger partial charge on any atom is -0.508 e. The van der Waals surface area contributed by atoms with Crippen molar-refractivity contribution in [2.24, 2.45) is 0 Å². The van der Waals surface area contributed by atoms with Gasteiger partial charge in [-0.15, -0.1) is 0 Å². The summed E-state index contributed by atoms with van der Waals surface area (Å²) in [6, 6.07) is 9.19. The minimum atomic E-state index is -0.397. The third kappa shape index (κ3) is 3.26. The van der Waals surface area contributed by atoms with E-state index in [-0.39, 0.29) is 12.4 Å². The molecule has 0 bridgehead atoms. The van der Waals surface area contributed by atoms with E-state index in [2.05, 4.69) is 15.5 Å². The Labute approximate surface area is 144 Å². The summed E-state index contributed by atoms with van der Waals surface area (Å²) in [5, 5.41) is 19.5. The Bertz CT molecular complexity index is 959. The molecule has 130 valence electrons. The van der Waals surface area contributed by atoms with Crippen LogP contribution in [0.2, 0.25) is 0 Å². The Morgan fingerprint density at radius 3 is 2.72 bits per heavy atom. The van der Waals surface area contributed by atoms with E-state index in [0.29, 0.717) is 11.4 Å². The normalized spacial score (nSPS) is 10.8. The highest BCUT2D eigenvalue weighted by atomic mass is 16.5. The maximum absolute atomic E-state index is 11.9. The Balaban J connectivity index is 1.99. The smallest absolute Gasteiger partial charge is 0.365 e. The summed E-state index contributed by atoms with van der Waals surface area (Å²) in [7, 11) is 0. The highest BCUT2D eigenvalue weighted by Gasteiger charge is 2.14. The van der Waals surface area contributed by atoms with E-state index in [1.807, 2.05) is 39.0 Å². The SMILES string of the molecule is CCc1cccc(-n2nn[nH]c2=O)c1COc1cc(C)c(O)cc1C. The molecule has 0 saturated heterocycles. The van der Waals surface area contributed by atoms with Crippen LogP contribution in [0.25, 0.3) is 5.69 Å². The van der Waals surface area contributed by atoms with E-state index in [1.165, 1.54) is 4.68 Å². The van der Waals surface area contributed by atoms with Gasteiger partial charge in [-0.25, -0.2) is 9.89 Å². The number of aromatic nitrogens is 4. The lowest BCUT2D eigenvalue weighted by Gasteiger charge is -2.16. The summed E-state index contributed by atoms with van der Waals surface area (Å²) in [5.74, 6) is 0.938. The average Bonchev–Trinajstić information content (AvgIpc) is 3.02. The number of phenols is 1. The fourth-order valence-electron chi connectivity index (χ4n) is 2.75. The van der Waals surface area contributed by atoms with E-state index >= 15 is 0 Å². The topological polar surface area (TPSA) is 93.0 Å². The van der Waals surface area contributed by atoms with Crippen molar-refractivity contribution in [1.29, 1.82) is 0 Å². The second kappa shape index (κ2) is 6.80. The second-order valence-electron chi connectivity index (χ2n) is 5.88. The molecular formula is C18H20N4O3. The number of hydrogen-bond donors (Lipinski definition) is 2.